The van der Waals surface area contributed by atoms with Gasteiger partial charge in [-0.05, 0) is 31.5 Å². The van der Waals surface area contributed by atoms with Crippen LogP contribution in [0.5, 0.6) is 0 Å². The maximum absolute atomic E-state index is 14.7. The fraction of sp³-hybridized carbons (Fsp3) is 0.591. The lowest BCUT2D eigenvalue weighted by molar-refractivity contribution is -0.121. The number of urea groups is 1. The van der Waals surface area contributed by atoms with Crippen LogP contribution in [0.2, 0.25) is 0 Å². The van der Waals surface area contributed by atoms with Gasteiger partial charge in [0.15, 0.2) is 0 Å². The summed E-state index contributed by atoms with van der Waals surface area (Å²) < 4.78 is 14.7. The van der Waals surface area contributed by atoms with Crippen LogP contribution >= 0.6 is 0 Å². The summed E-state index contributed by atoms with van der Waals surface area (Å²) in [6, 6.07) is 2.22. The molecule has 0 atom stereocenters. The molecule has 1 aromatic carbocycles. The maximum atomic E-state index is 14.7. The third kappa shape index (κ3) is 6.39. The Bertz CT molecular complexity index is 827. The van der Waals surface area contributed by atoms with Crippen molar-refractivity contribution in [1.29, 1.82) is 5.41 Å². The molecular weight excluding hydrogens is 413 g/mol. The van der Waals surface area contributed by atoms with Gasteiger partial charge in [0.05, 0.1) is 5.69 Å². The van der Waals surface area contributed by atoms with E-state index in [-0.39, 0.29) is 30.3 Å². The number of carbonyl (C=O) groups excluding carboxylic acids is 2. The number of imide groups is 1. The van der Waals surface area contributed by atoms with Crippen LogP contribution in [0.4, 0.5) is 20.6 Å². The van der Waals surface area contributed by atoms with Crippen LogP contribution in [-0.2, 0) is 4.79 Å². The van der Waals surface area contributed by atoms with Crippen molar-refractivity contribution in [3.63, 3.8) is 0 Å². The molecule has 0 radical (unpaired) electrons. The van der Waals surface area contributed by atoms with Crippen LogP contribution in [0.1, 0.15) is 37.7 Å². The number of benzene rings is 1. The third-order valence-corrected chi connectivity index (χ3v) is 5.88. The average Bonchev–Trinajstić information content (AvgIpc) is 2.79. The summed E-state index contributed by atoms with van der Waals surface area (Å²) in [6.07, 6.45) is 4.50. The number of carbonyl (C=O) groups is 2. The Morgan fingerprint density at radius 2 is 1.84 bits per heavy atom. The summed E-state index contributed by atoms with van der Waals surface area (Å²) in [4.78, 5) is 27.0. The van der Waals surface area contributed by atoms with E-state index in [2.05, 4.69) is 26.2 Å². The van der Waals surface area contributed by atoms with E-state index < -0.39 is 11.8 Å². The Morgan fingerprint density at radius 1 is 1.09 bits per heavy atom. The summed E-state index contributed by atoms with van der Waals surface area (Å²) in [5.74, 6) is -0.993. The molecule has 2 fully saturated rings. The quantitative estimate of drug-likeness (QED) is 0.213. The first-order chi connectivity index (χ1) is 15.5. The number of hydrogen-bond acceptors (Lipinski definition) is 7. The molecule has 9 nitrogen and oxygen atoms in total. The molecule has 2 aliphatic heterocycles. The second kappa shape index (κ2) is 11.8. The number of nitrogens with zero attached hydrogens (tertiary/aromatic N) is 2. The number of amidine groups is 1. The number of nitrogens with one attached hydrogen (secondary N) is 5. The molecule has 3 rings (SSSR count). The van der Waals surface area contributed by atoms with Gasteiger partial charge in [0.1, 0.15) is 11.7 Å². The summed E-state index contributed by atoms with van der Waals surface area (Å²) in [5, 5.41) is 20.0. The van der Waals surface area contributed by atoms with E-state index in [9.17, 15) is 14.0 Å². The van der Waals surface area contributed by atoms with Gasteiger partial charge in [-0.15, -0.1) is 0 Å². The average molecular weight is 448 g/mol. The molecule has 0 saturated carbocycles. The van der Waals surface area contributed by atoms with E-state index in [1.807, 2.05) is 0 Å². The van der Waals surface area contributed by atoms with Crippen LogP contribution < -0.4 is 21.3 Å². The van der Waals surface area contributed by atoms with Crippen molar-refractivity contribution < 1.29 is 14.0 Å². The highest BCUT2D eigenvalue weighted by atomic mass is 19.1. The number of anilines is 2. The van der Waals surface area contributed by atoms with Crippen molar-refractivity contribution in [2.24, 2.45) is 0 Å². The number of hydrogen-bond donors (Lipinski definition) is 5. The number of rotatable bonds is 10. The van der Waals surface area contributed by atoms with Crippen molar-refractivity contribution >= 4 is 29.1 Å². The van der Waals surface area contributed by atoms with Gasteiger partial charge in [-0.1, -0.05) is 12.8 Å². The Hall–Kier alpha value is -2.72. The highest BCUT2D eigenvalue weighted by Gasteiger charge is 2.28. The summed E-state index contributed by atoms with van der Waals surface area (Å²) >= 11 is 0. The van der Waals surface area contributed by atoms with Gasteiger partial charge >= 0.3 is 6.03 Å². The standard InChI is InChI=1S/C22H34FN7O2/c1-25-18-15-19(27-7-4-2-3-5-10-29-12-8-26-9-13-29)17(23)14-16(18)21(24)30-11-6-20(31)28-22(30)32/h14-15,24-27H,2-13H2,1H3,(H,28,31,32). The molecule has 0 unspecified atom stereocenters. The zero-order valence-corrected chi connectivity index (χ0v) is 18.7. The van der Waals surface area contributed by atoms with Gasteiger partial charge in [-0.25, -0.2) is 9.18 Å². The van der Waals surface area contributed by atoms with E-state index in [1.54, 1.807) is 13.1 Å². The Kier molecular flexibility index (Phi) is 8.81. The molecule has 3 amide bonds. The van der Waals surface area contributed by atoms with E-state index in [4.69, 9.17) is 5.41 Å². The minimum Gasteiger partial charge on any atom is -0.387 e. The van der Waals surface area contributed by atoms with Gasteiger partial charge in [0.25, 0.3) is 0 Å². The Labute approximate surface area is 188 Å². The van der Waals surface area contributed by atoms with E-state index in [0.29, 0.717) is 17.9 Å². The van der Waals surface area contributed by atoms with Crippen molar-refractivity contribution in [2.45, 2.75) is 32.1 Å². The predicted molar refractivity (Wildman–Crippen MR) is 124 cm³/mol. The van der Waals surface area contributed by atoms with Crippen LogP contribution in [0.3, 0.4) is 0 Å². The number of amides is 3. The SMILES string of the molecule is CNc1cc(NCCCCCCN2CCNCC2)c(F)cc1C(=N)N1CCC(=O)NC1=O. The molecule has 1 aromatic rings. The zero-order chi connectivity index (χ0) is 22.9. The van der Waals surface area contributed by atoms with Gasteiger partial charge in [-0.3, -0.25) is 20.4 Å². The molecule has 2 saturated heterocycles. The lowest BCUT2D eigenvalue weighted by Crippen LogP contribution is -2.52. The second-order valence-electron chi connectivity index (χ2n) is 8.16. The van der Waals surface area contributed by atoms with Crippen LogP contribution in [0.25, 0.3) is 0 Å². The fourth-order valence-corrected chi connectivity index (χ4v) is 4.01. The number of piperazine rings is 1. The molecule has 0 spiro atoms. The van der Waals surface area contributed by atoms with Crippen LogP contribution in [0.15, 0.2) is 12.1 Å². The first-order valence-corrected chi connectivity index (χ1v) is 11.4. The molecule has 32 heavy (non-hydrogen) atoms. The maximum Gasteiger partial charge on any atom is 0.329 e. The topological polar surface area (TPSA) is 113 Å². The molecule has 0 bridgehead atoms. The van der Waals surface area contributed by atoms with Crippen LogP contribution in [-0.4, -0.2) is 80.4 Å². The Morgan fingerprint density at radius 3 is 2.56 bits per heavy atom. The lowest BCUT2D eigenvalue weighted by atomic mass is 10.1. The molecule has 0 aliphatic carbocycles. The van der Waals surface area contributed by atoms with Crippen molar-refractivity contribution in [3.8, 4) is 0 Å². The van der Waals surface area contributed by atoms with E-state index in [0.717, 1.165) is 56.9 Å². The first-order valence-electron chi connectivity index (χ1n) is 11.4. The molecule has 10 heteroatoms. The van der Waals surface area contributed by atoms with Crippen LogP contribution in [0, 0.1) is 11.2 Å². The number of halogens is 1. The highest BCUT2D eigenvalue weighted by Crippen LogP contribution is 2.26. The molecule has 5 N–H and O–H groups in total. The number of unbranched alkanes of at least 4 members (excludes halogenated alkanes) is 3. The van der Waals surface area contributed by atoms with E-state index in [1.165, 1.54) is 12.5 Å². The zero-order valence-electron chi connectivity index (χ0n) is 18.7. The first kappa shape index (κ1) is 23.9. The molecule has 2 heterocycles. The predicted octanol–water partition coefficient (Wildman–Crippen LogP) is 2.01. The second-order valence-corrected chi connectivity index (χ2v) is 8.16. The smallest absolute Gasteiger partial charge is 0.329 e. The fourth-order valence-electron chi connectivity index (χ4n) is 4.01. The lowest BCUT2D eigenvalue weighted by Gasteiger charge is -2.28. The van der Waals surface area contributed by atoms with Gasteiger partial charge < -0.3 is 20.9 Å². The van der Waals surface area contributed by atoms with Gasteiger partial charge in [0, 0.05) is 64.0 Å². The molecular formula is C22H34FN7O2. The monoisotopic (exact) mass is 447 g/mol. The van der Waals surface area contributed by atoms with Gasteiger partial charge in [-0.2, -0.15) is 0 Å². The minimum atomic E-state index is -0.659. The highest BCUT2D eigenvalue weighted by molar-refractivity contribution is 6.13. The molecule has 176 valence electrons. The molecule has 0 aromatic heterocycles. The Balaban J connectivity index is 1.47. The van der Waals surface area contributed by atoms with Gasteiger partial charge in [0.2, 0.25) is 5.91 Å². The summed E-state index contributed by atoms with van der Waals surface area (Å²) in [5.41, 5.74) is 1.18. The summed E-state index contributed by atoms with van der Waals surface area (Å²) in [6.45, 7) is 6.32. The van der Waals surface area contributed by atoms with E-state index >= 15 is 0 Å². The minimum absolute atomic E-state index is 0.100. The third-order valence-electron chi connectivity index (χ3n) is 5.88. The van der Waals surface area contributed by atoms with Crippen molar-refractivity contribution in [2.75, 3.05) is 63.5 Å². The largest absolute Gasteiger partial charge is 0.387 e. The molecule has 2 aliphatic rings. The normalized spacial score (nSPS) is 17.2. The van der Waals surface area contributed by atoms with Crippen molar-refractivity contribution in [1.82, 2.24) is 20.4 Å². The summed E-state index contributed by atoms with van der Waals surface area (Å²) in [7, 11) is 1.69. The van der Waals surface area contributed by atoms with Crippen molar-refractivity contribution in [3.05, 3.63) is 23.5 Å².